The van der Waals surface area contributed by atoms with Gasteiger partial charge >= 0.3 is 0 Å². The summed E-state index contributed by atoms with van der Waals surface area (Å²) < 4.78 is 5.10. The van der Waals surface area contributed by atoms with Crippen molar-refractivity contribution >= 4 is 11.6 Å². The number of hydrogen-bond acceptors (Lipinski definition) is 2. The van der Waals surface area contributed by atoms with Crippen molar-refractivity contribution in [2.24, 2.45) is 5.73 Å². The second-order valence-electron chi connectivity index (χ2n) is 4.33. The van der Waals surface area contributed by atoms with Crippen LogP contribution in [0.1, 0.15) is 24.8 Å². The molecule has 0 radical (unpaired) electrons. The third-order valence-electron chi connectivity index (χ3n) is 3.02. The molecule has 0 aliphatic heterocycles. The van der Waals surface area contributed by atoms with Gasteiger partial charge in [0.1, 0.15) is 5.75 Å². The second kappa shape index (κ2) is 4.03. The number of halogens is 1. The summed E-state index contributed by atoms with van der Waals surface area (Å²) in [6, 6.07) is 5.93. The lowest BCUT2D eigenvalue weighted by molar-refractivity contribution is 0.415. The van der Waals surface area contributed by atoms with Crippen LogP contribution in [-0.2, 0) is 6.42 Å². The minimum atomic E-state index is 0.117. The molecular formula is C12H16ClNO. The highest BCUT2D eigenvalue weighted by atomic mass is 35.5. The van der Waals surface area contributed by atoms with E-state index in [0.29, 0.717) is 5.02 Å². The first-order valence-electron chi connectivity index (χ1n) is 5.24. The topological polar surface area (TPSA) is 35.2 Å². The van der Waals surface area contributed by atoms with Crippen LogP contribution in [0.25, 0.3) is 0 Å². The number of aryl methyl sites for hydroxylation is 1. The Morgan fingerprint density at radius 3 is 2.73 bits per heavy atom. The van der Waals surface area contributed by atoms with Gasteiger partial charge in [0.15, 0.2) is 0 Å². The zero-order valence-electron chi connectivity index (χ0n) is 8.92. The Morgan fingerprint density at radius 2 is 2.20 bits per heavy atom. The summed E-state index contributed by atoms with van der Waals surface area (Å²) in [5.74, 6) is 0.731. The molecule has 0 aromatic heterocycles. The van der Waals surface area contributed by atoms with E-state index >= 15 is 0 Å². The Labute approximate surface area is 95.4 Å². The van der Waals surface area contributed by atoms with Crippen molar-refractivity contribution in [1.29, 1.82) is 0 Å². The van der Waals surface area contributed by atoms with Crippen molar-refractivity contribution in [2.75, 3.05) is 7.11 Å². The highest BCUT2D eigenvalue weighted by molar-refractivity contribution is 6.32. The van der Waals surface area contributed by atoms with Crippen molar-refractivity contribution in [3.8, 4) is 5.75 Å². The molecule has 0 saturated heterocycles. The molecule has 0 spiro atoms. The zero-order chi connectivity index (χ0) is 10.9. The van der Waals surface area contributed by atoms with E-state index in [4.69, 9.17) is 22.1 Å². The third-order valence-corrected chi connectivity index (χ3v) is 3.32. The van der Waals surface area contributed by atoms with Crippen molar-refractivity contribution in [1.82, 2.24) is 0 Å². The molecule has 0 unspecified atom stereocenters. The predicted octanol–water partition coefficient (Wildman–Crippen LogP) is 2.77. The molecule has 0 amide bonds. The molecule has 82 valence electrons. The SMILES string of the molecule is COc1ccc(CCC2(N)CC2)cc1Cl. The highest BCUT2D eigenvalue weighted by Gasteiger charge is 2.37. The van der Waals surface area contributed by atoms with Crippen LogP contribution in [0.5, 0.6) is 5.75 Å². The lowest BCUT2D eigenvalue weighted by atomic mass is 10.0. The van der Waals surface area contributed by atoms with Gasteiger partial charge in [-0.2, -0.15) is 0 Å². The average Bonchev–Trinajstić information content (AvgIpc) is 2.95. The van der Waals surface area contributed by atoms with Gasteiger partial charge in [-0.1, -0.05) is 17.7 Å². The Bertz CT molecular complexity index is 361. The van der Waals surface area contributed by atoms with Crippen molar-refractivity contribution in [3.05, 3.63) is 28.8 Å². The summed E-state index contributed by atoms with van der Waals surface area (Å²) in [6.45, 7) is 0. The van der Waals surface area contributed by atoms with Gasteiger partial charge in [0.2, 0.25) is 0 Å². The third kappa shape index (κ3) is 2.64. The second-order valence-corrected chi connectivity index (χ2v) is 4.74. The maximum Gasteiger partial charge on any atom is 0.137 e. The van der Waals surface area contributed by atoms with Crippen LogP contribution in [0.3, 0.4) is 0 Å². The molecule has 1 saturated carbocycles. The maximum absolute atomic E-state index is 6.04. The predicted molar refractivity (Wildman–Crippen MR) is 62.5 cm³/mol. The molecule has 15 heavy (non-hydrogen) atoms. The summed E-state index contributed by atoms with van der Waals surface area (Å²) in [6.07, 6.45) is 4.38. The average molecular weight is 226 g/mol. The Kier molecular flexibility index (Phi) is 2.89. The van der Waals surface area contributed by atoms with Crippen LogP contribution in [0.4, 0.5) is 0 Å². The van der Waals surface area contributed by atoms with Crippen molar-refractivity contribution < 1.29 is 4.74 Å². The largest absolute Gasteiger partial charge is 0.495 e. The molecule has 1 aromatic rings. The molecular weight excluding hydrogens is 210 g/mol. The van der Waals surface area contributed by atoms with Crippen molar-refractivity contribution in [3.63, 3.8) is 0 Å². The molecule has 0 atom stereocenters. The first-order valence-corrected chi connectivity index (χ1v) is 5.62. The maximum atomic E-state index is 6.04. The van der Waals surface area contributed by atoms with Gasteiger partial charge in [0.25, 0.3) is 0 Å². The lowest BCUT2D eigenvalue weighted by Gasteiger charge is -2.09. The van der Waals surface area contributed by atoms with E-state index < -0.39 is 0 Å². The van der Waals surface area contributed by atoms with Gasteiger partial charge in [0.05, 0.1) is 12.1 Å². The van der Waals surface area contributed by atoms with E-state index in [1.54, 1.807) is 7.11 Å². The van der Waals surface area contributed by atoms with E-state index in [0.717, 1.165) is 31.4 Å². The van der Waals surface area contributed by atoms with Crippen LogP contribution in [0, 0.1) is 0 Å². The molecule has 1 aliphatic rings. The van der Waals surface area contributed by atoms with E-state index in [1.165, 1.54) is 5.56 Å². The zero-order valence-corrected chi connectivity index (χ0v) is 9.68. The quantitative estimate of drug-likeness (QED) is 0.855. The Hall–Kier alpha value is -0.730. The lowest BCUT2D eigenvalue weighted by Crippen LogP contribution is -2.22. The fourth-order valence-corrected chi connectivity index (χ4v) is 1.95. The van der Waals surface area contributed by atoms with Crippen LogP contribution >= 0.6 is 11.6 Å². The standard InChI is InChI=1S/C12H16ClNO/c1-15-11-3-2-9(8-10(11)13)4-5-12(14)6-7-12/h2-3,8H,4-7,14H2,1H3. The summed E-state index contributed by atoms with van der Waals surface area (Å²) >= 11 is 6.04. The number of rotatable bonds is 4. The molecule has 1 fully saturated rings. The van der Waals surface area contributed by atoms with E-state index in [-0.39, 0.29) is 5.54 Å². The fourth-order valence-electron chi connectivity index (χ4n) is 1.67. The van der Waals surface area contributed by atoms with E-state index in [1.807, 2.05) is 12.1 Å². The highest BCUT2D eigenvalue weighted by Crippen LogP contribution is 2.37. The number of benzene rings is 1. The molecule has 0 bridgehead atoms. The molecule has 2 nitrogen and oxygen atoms in total. The Balaban J connectivity index is 1.99. The monoisotopic (exact) mass is 225 g/mol. The molecule has 2 N–H and O–H groups in total. The van der Waals surface area contributed by atoms with E-state index in [9.17, 15) is 0 Å². The summed E-state index contributed by atoms with van der Waals surface area (Å²) in [7, 11) is 1.62. The smallest absolute Gasteiger partial charge is 0.137 e. The van der Waals surface area contributed by atoms with Crippen LogP contribution in [0.15, 0.2) is 18.2 Å². The summed E-state index contributed by atoms with van der Waals surface area (Å²) in [5, 5.41) is 0.678. The van der Waals surface area contributed by atoms with Gasteiger partial charge in [-0.05, 0) is 43.4 Å². The van der Waals surface area contributed by atoms with Crippen molar-refractivity contribution in [2.45, 2.75) is 31.2 Å². The van der Waals surface area contributed by atoms with Gasteiger partial charge < -0.3 is 10.5 Å². The number of methoxy groups -OCH3 is 1. The molecule has 2 rings (SSSR count). The molecule has 3 heteroatoms. The fraction of sp³-hybridized carbons (Fsp3) is 0.500. The van der Waals surface area contributed by atoms with Gasteiger partial charge in [-0.25, -0.2) is 0 Å². The first-order chi connectivity index (χ1) is 7.13. The summed E-state index contributed by atoms with van der Waals surface area (Å²) in [5.41, 5.74) is 7.38. The minimum Gasteiger partial charge on any atom is -0.495 e. The number of nitrogens with two attached hydrogens (primary N) is 1. The van der Waals surface area contributed by atoms with Crippen LogP contribution < -0.4 is 10.5 Å². The minimum absolute atomic E-state index is 0.117. The van der Waals surface area contributed by atoms with Crippen LogP contribution in [0.2, 0.25) is 5.02 Å². The van der Waals surface area contributed by atoms with Gasteiger partial charge in [0, 0.05) is 5.54 Å². The number of ether oxygens (including phenoxy) is 1. The summed E-state index contributed by atoms with van der Waals surface area (Å²) in [4.78, 5) is 0. The first kappa shape index (κ1) is 10.8. The molecule has 1 aliphatic carbocycles. The van der Waals surface area contributed by atoms with Gasteiger partial charge in [-0.3, -0.25) is 0 Å². The number of hydrogen-bond donors (Lipinski definition) is 1. The molecule has 1 aromatic carbocycles. The normalized spacial score (nSPS) is 17.5. The Morgan fingerprint density at radius 1 is 1.47 bits per heavy atom. The molecule has 0 heterocycles. The van der Waals surface area contributed by atoms with Gasteiger partial charge in [-0.15, -0.1) is 0 Å². The van der Waals surface area contributed by atoms with E-state index in [2.05, 4.69) is 6.07 Å². The van der Waals surface area contributed by atoms with Crippen LogP contribution in [-0.4, -0.2) is 12.6 Å².